The highest BCUT2D eigenvalue weighted by molar-refractivity contribution is 5.95. The first-order valence-electron chi connectivity index (χ1n) is 7.38. The first-order valence-corrected chi connectivity index (χ1v) is 7.38. The highest BCUT2D eigenvalue weighted by Crippen LogP contribution is 2.32. The highest BCUT2D eigenvalue weighted by atomic mass is 16.5. The van der Waals surface area contributed by atoms with Crippen molar-refractivity contribution in [3.63, 3.8) is 0 Å². The van der Waals surface area contributed by atoms with Crippen molar-refractivity contribution in [3.8, 4) is 0 Å². The maximum atomic E-state index is 11.8. The van der Waals surface area contributed by atoms with Crippen molar-refractivity contribution in [2.45, 2.75) is 19.5 Å². The van der Waals surface area contributed by atoms with E-state index < -0.39 is 12.1 Å². The summed E-state index contributed by atoms with van der Waals surface area (Å²) >= 11 is 0. The van der Waals surface area contributed by atoms with Gasteiger partial charge in [-0.2, -0.15) is 0 Å². The third kappa shape index (κ3) is 2.53. The third-order valence-corrected chi connectivity index (χ3v) is 4.26. The van der Waals surface area contributed by atoms with E-state index in [1.165, 1.54) is 7.11 Å². The SMILES string of the molecule is COC(=O)N1CCc2c(c3cc(C(=O)O)ccc3n2CCO)C1. The lowest BCUT2D eigenvalue weighted by molar-refractivity contribution is 0.0697. The second-order valence-corrected chi connectivity index (χ2v) is 5.48. The molecule has 7 heteroatoms. The van der Waals surface area contributed by atoms with Crippen LogP contribution in [0, 0.1) is 0 Å². The van der Waals surface area contributed by atoms with Crippen molar-refractivity contribution in [2.75, 3.05) is 20.3 Å². The molecule has 1 amide bonds. The molecule has 122 valence electrons. The Morgan fingerprint density at radius 3 is 2.78 bits per heavy atom. The number of carboxylic acid groups (broad SMARTS) is 1. The third-order valence-electron chi connectivity index (χ3n) is 4.26. The predicted octanol–water partition coefficient (Wildman–Crippen LogP) is 1.46. The van der Waals surface area contributed by atoms with Gasteiger partial charge in [-0.3, -0.25) is 0 Å². The van der Waals surface area contributed by atoms with Gasteiger partial charge in [-0.15, -0.1) is 0 Å². The van der Waals surface area contributed by atoms with Crippen LogP contribution in [0.15, 0.2) is 18.2 Å². The van der Waals surface area contributed by atoms with Crippen molar-refractivity contribution in [2.24, 2.45) is 0 Å². The van der Waals surface area contributed by atoms with Crippen LogP contribution in [0.4, 0.5) is 4.79 Å². The van der Waals surface area contributed by atoms with Crippen molar-refractivity contribution in [1.82, 2.24) is 9.47 Å². The largest absolute Gasteiger partial charge is 0.478 e. The fourth-order valence-electron chi connectivity index (χ4n) is 3.22. The molecule has 1 aromatic carbocycles. The number of aliphatic hydroxyl groups excluding tert-OH is 1. The molecule has 0 aliphatic carbocycles. The number of fused-ring (bicyclic) bond motifs is 3. The molecule has 2 heterocycles. The zero-order valence-corrected chi connectivity index (χ0v) is 12.8. The van der Waals surface area contributed by atoms with E-state index in [1.807, 2.05) is 4.57 Å². The second-order valence-electron chi connectivity index (χ2n) is 5.48. The smallest absolute Gasteiger partial charge is 0.409 e. The zero-order valence-electron chi connectivity index (χ0n) is 12.8. The Balaban J connectivity index is 2.15. The molecule has 3 rings (SSSR count). The van der Waals surface area contributed by atoms with E-state index in [0.717, 1.165) is 22.2 Å². The number of nitrogens with zero attached hydrogens (tertiary/aromatic N) is 2. The molecule has 1 aliphatic rings. The lowest BCUT2D eigenvalue weighted by Crippen LogP contribution is -2.36. The van der Waals surface area contributed by atoms with E-state index >= 15 is 0 Å². The van der Waals surface area contributed by atoms with Crippen LogP contribution >= 0.6 is 0 Å². The van der Waals surface area contributed by atoms with Gasteiger partial charge in [-0.1, -0.05) is 0 Å². The highest BCUT2D eigenvalue weighted by Gasteiger charge is 2.27. The summed E-state index contributed by atoms with van der Waals surface area (Å²) in [6, 6.07) is 4.95. The minimum absolute atomic E-state index is 0.00236. The Kier molecular flexibility index (Phi) is 3.96. The van der Waals surface area contributed by atoms with Crippen LogP contribution in [-0.2, 0) is 24.2 Å². The Labute approximate surface area is 132 Å². The molecule has 1 aliphatic heterocycles. The standard InChI is InChI=1S/C16H18N2O5/c1-23-16(22)17-5-4-14-12(9-17)11-8-10(15(20)21)2-3-13(11)18(14)6-7-19/h2-3,8,19H,4-7,9H2,1H3,(H,20,21). The summed E-state index contributed by atoms with van der Waals surface area (Å²) < 4.78 is 6.78. The molecule has 7 nitrogen and oxygen atoms in total. The molecule has 0 saturated carbocycles. The number of carboxylic acids is 1. The fourth-order valence-corrected chi connectivity index (χ4v) is 3.22. The van der Waals surface area contributed by atoms with E-state index in [0.29, 0.717) is 26.1 Å². The molecule has 0 spiro atoms. The minimum Gasteiger partial charge on any atom is -0.478 e. The number of amides is 1. The van der Waals surface area contributed by atoms with E-state index in [1.54, 1.807) is 23.1 Å². The number of carbonyl (C=O) groups excluding carboxylic acids is 1. The number of aliphatic hydroxyl groups is 1. The number of rotatable bonds is 3. The van der Waals surface area contributed by atoms with Crippen LogP contribution in [0.5, 0.6) is 0 Å². The topological polar surface area (TPSA) is 92.0 Å². The Morgan fingerprint density at radius 2 is 2.13 bits per heavy atom. The maximum Gasteiger partial charge on any atom is 0.409 e. The van der Waals surface area contributed by atoms with Gasteiger partial charge < -0.3 is 24.4 Å². The lowest BCUT2D eigenvalue weighted by atomic mass is 10.0. The first kappa shape index (κ1) is 15.4. The summed E-state index contributed by atoms with van der Waals surface area (Å²) in [5.74, 6) is -0.990. The molecule has 0 fully saturated rings. The first-order chi connectivity index (χ1) is 11.1. The van der Waals surface area contributed by atoms with Crippen molar-refractivity contribution >= 4 is 23.0 Å². The molecule has 0 bridgehead atoms. The average molecular weight is 318 g/mol. The molecule has 23 heavy (non-hydrogen) atoms. The quantitative estimate of drug-likeness (QED) is 0.894. The van der Waals surface area contributed by atoms with Gasteiger partial charge in [0.15, 0.2) is 0 Å². The summed E-state index contributed by atoms with van der Waals surface area (Å²) in [4.78, 5) is 24.6. The summed E-state index contributed by atoms with van der Waals surface area (Å²) in [6.07, 6.45) is 0.245. The number of carbonyl (C=O) groups is 2. The summed E-state index contributed by atoms with van der Waals surface area (Å²) in [5, 5.41) is 19.3. The Hall–Kier alpha value is -2.54. The lowest BCUT2D eigenvalue weighted by Gasteiger charge is -2.27. The van der Waals surface area contributed by atoms with Gasteiger partial charge in [0.2, 0.25) is 0 Å². The molecular weight excluding hydrogens is 300 g/mol. The number of hydrogen-bond donors (Lipinski definition) is 2. The molecule has 2 aromatic rings. The number of aromatic carboxylic acids is 1. The van der Waals surface area contributed by atoms with Gasteiger partial charge in [0.1, 0.15) is 0 Å². The molecule has 0 radical (unpaired) electrons. The van der Waals surface area contributed by atoms with Crippen LogP contribution in [-0.4, -0.2) is 52.0 Å². The minimum atomic E-state index is -0.990. The van der Waals surface area contributed by atoms with E-state index in [2.05, 4.69) is 0 Å². The van der Waals surface area contributed by atoms with Crippen LogP contribution in [0.2, 0.25) is 0 Å². The van der Waals surface area contributed by atoms with Gasteiger partial charge in [0, 0.05) is 41.7 Å². The monoisotopic (exact) mass is 318 g/mol. The molecule has 2 N–H and O–H groups in total. The fraction of sp³-hybridized carbons (Fsp3) is 0.375. The van der Waals surface area contributed by atoms with Crippen LogP contribution in [0.1, 0.15) is 21.6 Å². The molecule has 1 aromatic heterocycles. The van der Waals surface area contributed by atoms with E-state index in [9.17, 15) is 19.8 Å². The molecule has 0 unspecified atom stereocenters. The van der Waals surface area contributed by atoms with Crippen molar-refractivity contribution in [3.05, 3.63) is 35.0 Å². The summed E-state index contributed by atoms with van der Waals surface area (Å²) in [6.45, 7) is 1.35. The number of hydrogen-bond acceptors (Lipinski definition) is 4. The average Bonchev–Trinajstić information content (AvgIpc) is 2.87. The molecular formula is C16H18N2O5. The Bertz CT molecular complexity index is 780. The van der Waals surface area contributed by atoms with Crippen LogP contribution < -0.4 is 0 Å². The van der Waals surface area contributed by atoms with Gasteiger partial charge in [-0.05, 0) is 18.2 Å². The zero-order chi connectivity index (χ0) is 16.6. The summed E-state index contributed by atoms with van der Waals surface area (Å²) in [5.41, 5.74) is 3.04. The maximum absolute atomic E-state index is 11.8. The number of ether oxygens (including phenoxy) is 1. The van der Waals surface area contributed by atoms with Gasteiger partial charge >= 0.3 is 12.1 Å². The Morgan fingerprint density at radius 1 is 1.35 bits per heavy atom. The number of benzene rings is 1. The van der Waals surface area contributed by atoms with Crippen LogP contribution in [0.3, 0.4) is 0 Å². The summed E-state index contributed by atoms with van der Waals surface area (Å²) in [7, 11) is 1.34. The van der Waals surface area contributed by atoms with Crippen molar-refractivity contribution < 1.29 is 24.5 Å². The predicted molar refractivity (Wildman–Crippen MR) is 82.5 cm³/mol. The number of methoxy groups -OCH3 is 1. The van der Waals surface area contributed by atoms with Crippen LogP contribution in [0.25, 0.3) is 10.9 Å². The van der Waals surface area contributed by atoms with E-state index in [4.69, 9.17) is 4.74 Å². The number of aromatic nitrogens is 1. The van der Waals surface area contributed by atoms with Crippen molar-refractivity contribution in [1.29, 1.82) is 0 Å². The molecule has 0 atom stereocenters. The second kappa shape index (κ2) is 5.92. The molecule has 0 saturated heterocycles. The normalized spacial score (nSPS) is 13.9. The van der Waals surface area contributed by atoms with Gasteiger partial charge in [0.05, 0.1) is 25.8 Å². The van der Waals surface area contributed by atoms with E-state index in [-0.39, 0.29) is 12.2 Å². The van der Waals surface area contributed by atoms with Gasteiger partial charge in [-0.25, -0.2) is 9.59 Å². The van der Waals surface area contributed by atoms with Gasteiger partial charge in [0.25, 0.3) is 0 Å².